The average molecular weight is 449 g/mol. The number of carbonyl (C=O) groups is 1. The van der Waals surface area contributed by atoms with E-state index >= 15 is 0 Å². The van der Waals surface area contributed by atoms with Crippen molar-refractivity contribution in [1.29, 1.82) is 0 Å². The lowest BCUT2D eigenvalue weighted by molar-refractivity contribution is -0.0248. The van der Waals surface area contributed by atoms with Crippen molar-refractivity contribution in [3.8, 4) is 0 Å². The number of aryl methyl sites for hydroxylation is 3. The summed E-state index contributed by atoms with van der Waals surface area (Å²) in [4.78, 5) is 24.2. The molecule has 0 spiro atoms. The summed E-state index contributed by atoms with van der Waals surface area (Å²) in [5, 5.41) is 14.3. The Morgan fingerprint density at radius 3 is 2.88 bits per heavy atom. The van der Waals surface area contributed by atoms with Gasteiger partial charge >= 0.3 is 0 Å². The molecule has 0 aliphatic carbocycles. The van der Waals surface area contributed by atoms with Gasteiger partial charge < -0.3 is 15.0 Å². The molecule has 0 bridgehead atoms. The maximum Gasteiger partial charge on any atom is 0.275 e. The van der Waals surface area contributed by atoms with Crippen LogP contribution >= 0.6 is 11.3 Å². The molecule has 1 aliphatic rings. The summed E-state index contributed by atoms with van der Waals surface area (Å²) < 4.78 is 6.01. The van der Waals surface area contributed by atoms with Crippen LogP contribution < -0.4 is 5.32 Å². The second kappa shape index (κ2) is 8.33. The fourth-order valence-corrected chi connectivity index (χ4v) is 4.63. The standard InChI is InChI=1S/C23H24N6O2S/c1-13-4-5-18-17(8-13)21(28-27-18)22(30)29-6-7-31-20(11-29)19-10-16(9-14(2)24-19)26-23-25-15(3)12-32-23/h4-5,8-10,12,20H,6-7,11H2,1-3H3,(H,27,28)(H,24,25,26)/t20-/m0/s1. The first-order chi connectivity index (χ1) is 15.5. The molecule has 3 aromatic heterocycles. The molecule has 1 atom stereocenters. The molecule has 1 fully saturated rings. The summed E-state index contributed by atoms with van der Waals surface area (Å²) in [5.41, 5.74) is 5.95. The van der Waals surface area contributed by atoms with Crippen molar-refractivity contribution in [2.45, 2.75) is 26.9 Å². The van der Waals surface area contributed by atoms with Gasteiger partial charge in [0.05, 0.1) is 30.1 Å². The number of nitrogens with one attached hydrogen (secondary N) is 2. The Labute approximate surface area is 189 Å². The molecule has 5 rings (SSSR count). The van der Waals surface area contributed by atoms with E-state index in [0.29, 0.717) is 25.4 Å². The summed E-state index contributed by atoms with van der Waals surface area (Å²) in [5.74, 6) is -0.0978. The van der Waals surface area contributed by atoms with E-state index in [9.17, 15) is 4.79 Å². The first kappa shape index (κ1) is 20.6. The van der Waals surface area contributed by atoms with Crippen molar-refractivity contribution < 1.29 is 9.53 Å². The molecule has 2 N–H and O–H groups in total. The lowest BCUT2D eigenvalue weighted by Gasteiger charge is -2.32. The van der Waals surface area contributed by atoms with Crippen molar-refractivity contribution in [2.24, 2.45) is 0 Å². The SMILES string of the molecule is Cc1ccc2[nH]nc(C(=O)N3CCO[C@H](c4cc(Nc5nc(C)cs5)cc(C)n4)C3)c2c1. The Hall–Kier alpha value is -3.30. The van der Waals surface area contributed by atoms with E-state index in [0.717, 1.165) is 44.4 Å². The number of hydrogen-bond acceptors (Lipinski definition) is 7. The number of rotatable bonds is 4. The minimum atomic E-state index is -0.307. The van der Waals surface area contributed by atoms with Gasteiger partial charge in [-0.15, -0.1) is 11.3 Å². The Morgan fingerprint density at radius 1 is 1.19 bits per heavy atom. The second-order valence-electron chi connectivity index (χ2n) is 8.07. The number of pyridine rings is 1. The number of thiazole rings is 1. The lowest BCUT2D eigenvalue weighted by Crippen LogP contribution is -2.42. The van der Waals surface area contributed by atoms with Gasteiger partial charge in [0, 0.05) is 28.7 Å². The molecule has 32 heavy (non-hydrogen) atoms. The minimum Gasteiger partial charge on any atom is -0.368 e. The molecule has 0 saturated carbocycles. The Bertz CT molecular complexity index is 1300. The summed E-state index contributed by atoms with van der Waals surface area (Å²) in [6.07, 6.45) is -0.307. The van der Waals surface area contributed by atoms with E-state index in [1.165, 1.54) is 0 Å². The van der Waals surface area contributed by atoms with Crippen molar-refractivity contribution in [2.75, 3.05) is 25.0 Å². The predicted octanol–water partition coefficient (Wildman–Crippen LogP) is 4.30. The molecule has 0 unspecified atom stereocenters. The number of ether oxygens (including phenoxy) is 1. The molecular weight excluding hydrogens is 424 g/mol. The highest BCUT2D eigenvalue weighted by Crippen LogP contribution is 2.28. The number of amides is 1. The van der Waals surface area contributed by atoms with Crippen molar-refractivity contribution in [1.82, 2.24) is 25.1 Å². The van der Waals surface area contributed by atoms with E-state index in [1.807, 2.05) is 56.5 Å². The molecule has 1 aliphatic heterocycles. The number of carbonyl (C=O) groups excluding carboxylic acids is 1. The van der Waals surface area contributed by atoms with Crippen LogP contribution in [0.2, 0.25) is 0 Å². The van der Waals surface area contributed by atoms with Crippen LogP contribution in [0.4, 0.5) is 10.8 Å². The van der Waals surface area contributed by atoms with Crippen molar-refractivity contribution in [3.63, 3.8) is 0 Å². The van der Waals surface area contributed by atoms with Gasteiger partial charge in [0.1, 0.15) is 6.10 Å². The molecule has 1 aromatic carbocycles. The molecule has 1 saturated heterocycles. The van der Waals surface area contributed by atoms with E-state index in [2.05, 4.69) is 25.5 Å². The van der Waals surface area contributed by atoms with E-state index in [-0.39, 0.29) is 12.0 Å². The Balaban J connectivity index is 1.37. The van der Waals surface area contributed by atoms with Crippen LogP contribution in [-0.2, 0) is 4.74 Å². The number of aromatic amines is 1. The first-order valence-electron chi connectivity index (χ1n) is 10.5. The summed E-state index contributed by atoms with van der Waals surface area (Å²) in [7, 11) is 0. The third-order valence-corrected chi connectivity index (χ3v) is 6.32. The smallest absolute Gasteiger partial charge is 0.275 e. The number of anilines is 2. The summed E-state index contributed by atoms with van der Waals surface area (Å²) in [6.45, 7) is 7.31. The monoisotopic (exact) mass is 448 g/mol. The molecule has 1 amide bonds. The van der Waals surface area contributed by atoms with Crippen LogP contribution in [0.5, 0.6) is 0 Å². The Morgan fingerprint density at radius 2 is 2.06 bits per heavy atom. The van der Waals surface area contributed by atoms with Crippen LogP contribution in [0.3, 0.4) is 0 Å². The fraction of sp³-hybridized carbons (Fsp3) is 0.304. The third kappa shape index (κ3) is 4.09. The van der Waals surface area contributed by atoms with E-state index in [1.54, 1.807) is 16.2 Å². The number of hydrogen-bond donors (Lipinski definition) is 2. The molecule has 164 valence electrons. The average Bonchev–Trinajstić information content (AvgIpc) is 3.38. The summed E-state index contributed by atoms with van der Waals surface area (Å²) in [6, 6.07) is 9.89. The maximum absolute atomic E-state index is 13.3. The van der Waals surface area contributed by atoms with Gasteiger partial charge in [-0.05, 0) is 45.0 Å². The minimum absolute atomic E-state index is 0.0978. The number of H-pyrrole nitrogens is 1. The Kier molecular flexibility index (Phi) is 5.36. The molecule has 4 aromatic rings. The van der Waals surface area contributed by atoms with Gasteiger partial charge in [0.25, 0.3) is 5.91 Å². The van der Waals surface area contributed by atoms with Crippen LogP contribution in [0.1, 0.15) is 39.2 Å². The number of morpholine rings is 1. The number of benzene rings is 1. The fourth-order valence-electron chi connectivity index (χ4n) is 3.92. The van der Waals surface area contributed by atoms with Gasteiger partial charge in [0.15, 0.2) is 10.8 Å². The van der Waals surface area contributed by atoms with E-state index in [4.69, 9.17) is 4.74 Å². The quantitative estimate of drug-likeness (QED) is 0.483. The summed E-state index contributed by atoms with van der Waals surface area (Å²) >= 11 is 1.56. The second-order valence-corrected chi connectivity index (χ2v) is 8.93. The highest BCUT2D eigenvalue weighted by atomic mass is 32.1. The number of aromatic nitrogens is 4. The topological polar surface area (TPSA) is 96.0 Å². The zero-order valence-electron chi connectivity index (χ0n) is 18.2. The highest BCUT2D eigenvalue weighted by molar-refractivity contribution is 7.13. The van der Waals surface area contributed by atoms with Crippen LogP contribution in [0.25, 0.3) is 10.9 Å². The zero-order chi connectivity index (χ0) is 22.2. The van der Waals surface area contributed by atoms with Crippen molar-refractivity contribution >= 4 is 39.0 Å². The maximum atomic E-state index is 13.3. The highest BCUT2D eigenvalue weighted by Gasteiger charge is 2.29. The lowest BCUT2D eigenvalue weighted by atomic mass is 10.1. The number of fused-ring (bicyclic) bond motifs is 1. The van der Waals surface area contributed by atoms with Crippen molar-refractivity contribution in [3.05, 3.63) is 64.1 Å². The van der Waals surface area contributed by atoms with Gasteiger partial charge in [-0.2, -0.15) is 5.10 Å². The van der Waals surface area contributed by atoms with Crippen LogP contribution in [0, 0.1) is 20.8 Å². The van der Waals surface area contributed by atoms with Crippen LogP contribution in [-0.4, -0.2) is 50.7 Å². The first-order valence-corrected chi connectivity index (χ1v) is 11.4. The largest absolute Gasteiger partial charge is 0.368 e. The third-order valence-electron chi connectivity index (χ3n) is 5.45. The molecular formula is C23H24N6O2S. The zero-order valence-corrected chi connectivity index (χ0v) is 19.0. The van der Waals surface area contributed by atoms with E-state index < -0.39 is 0 Å². The van der Waals surface area contributed by atoms with Gasteiger partial charge in [-0.3, -0.25) is 14.9 Å². The molecule has 0 radical (unpaired) electrons. The van der Waals surface area contributed by atoms with Gasteiger partial charge in [0.2, 0.25) is 0 Å². The molecule has 4 heterocycles. The predicted molar refractivity (Wildman–Crippen MR) is 125 cm³/mol. The van der Waals surface area contributed by atoms with Crippen LogP contribution in [0.15, 0.2) is 35.7 Å². The van der Waals surface area contributed by atoms with Gasteiger partial charge in [-0.1, -0.05) is 11.6 Å². The normalized spacial score (nSPS) is 16.5. The molecule has 8 nitrogen and oxygen atoms in total. The number of nitrogens with zero attached hydrogens (tertiary/aromatic N) is 4. The van der Waals surface area contributed by atoms with Gasteiger partial charge in [-0.25, -0.2) is 4.98 Å². The molecule has 9 heteroatoms.